The quantitative estimate of drug-likeness (QED) is 0.884. The fourth-order valence-corrected chi connectivity index (χ4v) is 2.22. The minimum Gasteiger partial charge on any atom is -0.478 e. The van der Waals surface area contributed by atoms with Crippen LogP contribution >= 0.6 is 0 Å². The van der Waals surface area contributed by atoms with Crippen molar-refractivity contribution in [1.82, 2.24) is 4.57 Å². The van der Waals surface area contributed by atoms with Crippen molar-refractivity contribution >= 4 is 5.97 Å². The van der Waals surface area contributed by atoms with E-state index in [0.717, 1.165) is 18.9 Å². The molecule has 0 radical (unpaired) electrons. The van der Waals surface area contributed by atoms with E-state index < -0.39 is 5.97 Å². The van der Waals surface area contributed by atoms with Gasteiger partial charge in [0, 0.05) is 12.3 Å². The molecule has 1 atom stereocenters. The van der Waals surface area contributed by atoms with E-state index in [-0.39, 0.29) is 22.8 Å². The summed E-state index contributed by atoms with van der Waals surface area (Å²) in [6, 6.07) is 2.58. The van der Waals surface area contributed by atoms with Crippen LogP contribution in [0.25, 0.3) is 0 Å². The maximum atomic E-state index is 11.7. The topological polar surface area (TPSA) is 68.5 Å². The number of carboxylic acids is 1. The van der Waals surface area contributed by atoms with Crippen molar-refractivity contribution in [3.8, 4) is 0 Å². The Kier molecular flexibility index (Phi) is 3.26. The minimum atomic E-state index is -1.09. The molecule has 0 aliphatic carbocycles. The summed E-state index contributed by atoms with van der Waals surface area (Å²) in [6.45, 7) is 4.54. The van der Waals surface area contributed by atoms with E-state index in [0.29, 0.717) is 6.54 Å². The molecule has 1 aliphatic heterocycles. The number of rotatable bonds is 3. The zero-order valence-corrected chi connectivity index (χ0v) is 10.5. The molecule has 0 aromatic carbocycles. The van der Waals surface area contributed by atoms with Crippen LogP contribution in [0.3, 0.4) is 0 Å². The molecule has 1 fully saturated rings. The first-order chi connectivity index (χ1) is 8.37. The number of hydrogen-bond donors (Lipinski definition) is 1. The van der Waals surface area contributed by atoms with Crippen LogP contribution < -0.4 is 5.56 Å². The molecule has 5 nitrogen and oxygen atoms in total. The van der Waals surface area contributed by atoms with Gasteiger partial charge in [-0.25, -0.2) is 4.79 Å². The zero-order chi connectivity index (χ0) is 13.3. The third-order valence-corrected chi connectivity index (χ3v) is 3.20. The number of hydrogen-bond acceptors (Lipinski definition) is 3. The second-order valence-electron chi connectivity index (χ2n) is 5.25. The van der Waals surface area contributed by atoms with Gasteiger partial charge in [0.2, 0.25) is 0 Å². The highest BCUT2D eigenvalue weighted by atomic mass is 16.5. The summed E-state index contributed by atoms with van der Waals surface area (Å²) in [6.07, 6.45) is 3.42. The first-order valence-corrected chi connectivity index (χ1v) is 5.99. The van der Waals surface area contributed by atoms with Crippen LogP contribution in [0, 0.1) is 0 Å². The molecule has 0 amide bonds. The Morgan fingerprint density at radius 1 is 1.61 bits per heavy atom. The van der Waals surface area contributed by atoms with E-state index in [1.54, 1.807) is 0 Å². The standard InChI is InChI=1S/C13H17NO4/c1-13(2)5-3-10(18-13)8-14-6-4-9(12(16)17)7-11(14)15/h4,6-7,10H,3,5,8H2,1-2H3,(H,16,17). The Morgan fingerprint density at radius 3 is 2.83 bits per heavy atom. The monoisotopic (exact) mass is 251 g/mol. The summed E-state index contributed by atoms with van der Waals surface area (Å²) >= 11 is 0. The van der Waals surface area contributed by atoms with Crippen LogP contribution in [-0.2, 0) is 11.3 Å². The molecular formula is C13H17NO4. The SMILES string of the molecule is CC1(C)CCC(Cn2ccc(C(=O)O)cc2=O)O1. The van der Waals surface area contributed by atoms with Gasteiger partial charge in [0.1, 0.15) is 0 Å². The molecule has 18 heavy (non-hydrogen) atoms. The fraction of sp³-hybridized carbons (Fsp3) is 0.538. The van der Waals surface area contributed by atoms with Gasteiger partial charge in [-0.15, -0.1) is 0 Å². The van der Waals surface area contributed by atoms with Crippen molar-refractivity contribution in [1.29, 1.82) is 0 Å². The van der Waals surface area contributed by atoms with Crippen LogP contribution in [0.2, 0.25) is 0 Å². The highest BCUT2D eigenvalue weighted by Crippen LogP contribution is 2.29. The number of ether oxygens (including phenoxy) is 1. The van der Waals surface area contributed by atoms with E-state index in [9.17, 15) is 9.59 Å². The second kappa shape index (κ2) is 4.57. The van der Waals surface area contributed by atoms with Gasteiger partial charge in [0.05, 0.1) is 23.8 Å². The molecule has 1 N–H and O–H groups in total. The van der Waals surface area contributed by atoms with Crippen molar-refractivity contribution in [2.75, 3.05) is 0 Å². The summed E-state index contributed by atoms with van der Waals surface area (Å²) in [4.78, 5) is 22.5. The van der Waals surface area contributed by atoms with Gasteiger partial charge in [-0.05, 0) is 32.8 Å². The highest BCUT2D eigenvalue weighted by molar-refractivity contribution is 5.87. The smallest absolute Gasteiger partial charge is 0.335 e. The van der Waals surface area contributed by atoms with Gasteiger partial charge in [0.25, 0.3) is 5.56 Å². The maximum Gasteiger partial charge on any atom is 0.335 e. The van der Waals surface area contributed by atoms with Gasteiger partial charge in [-0.1, -0.05) is 0 Å². The average molecular weight is 251 g/mol. The number of pyridine rings is 1. The first kappa shape index (κ1) is 12.8. The van der Waals surface area contributed by atoms with E-state index in [1.807, 2.05) is 13.8 Å². The lowest BCUT2D eigenvalue weighted by atomic mass is 10.1. The molecule has 2 heterocycles. The number of aromatic nitrogens is 1. The average Bonchev–Trinajstić information content (AvgIpc) is 2.61. The summed E-state index contributed by atoms with van der Waals surface area (Å²) < 4.78 is 7.31. The zero-order valence-electron chi connectivity index (χ0n) is 10.5. The van der Waals surface area contributed by atoms with Crippen LogP contribution in [0.4, 0.5) is 0 Å². The van der Waals surface area contributed by atoms with Crippen LogP contribution in [-0.4, -0.2) is 27.3 Å². The van der Waals surface area contributed by atoms with E-state index in [2.05, 4.69) is 0 Å². The lowest BCUT2D eigenvalue weighted by Crippen LogP contribution is -2.28. The van der Waals surface area contributed by atoms with Crippen molar-refractivity contribution < 1.29 is 14.6 Å². The normalized spacial score (nSPS) is 22.0. The van der Waals surface area contributed by atoms with Crippen molar-refractivity contribution in [3.05, 3.63) is 34.2 Å². The molecule has 0 saturated carbocycles. The Balaban J connectivity index is 2.11. The highest BCUT2D eigenvalue weighted by Gasteiger charge is 2.31. The van der Waals surface area contributed by atoms with Crippen molar-refractivity contribution in [2.45, 2.75) is 44.9 Å². The van der Waals surface area contributed by atoms with Gasteiger partial charge in [-0.2, -0.15) is 0 Å². The summed E-state index contributed by atoms with van der Waals surface area (Å²) in [5, 5.41) is 8.78. The van der Waals surface area contributed by atoms with Crippen molar-refractivity contribution in [2.24, 2.45) is 0 Å². The predicted octanol–water partition coefficient (Wildman–Crippen LogP) is 1.50. The molecule has 1 aliphatic rings. The Hall–Kier alpha value is -1.62. The Morgan fingerprint density at radius 2 is 2.33 bits per heavy atom. The molecule has 98 valence electrons. The van der Waals surface area contributed by atoms with Crippen LogP contribution in [0.1, 0.15) is 37.0 Å². The predicted molar refractivity (Wildman–Crippen MR) is 65.8 cm³/mol. The number of carbonyl (C=O) groups is 1. The second-order valence-corrected chi connectivity index (χ2v) is 5.25. The Labute approximate surface area is 105 Å². The molecular weight excluding hydrogens is 234 g/mol. The molecule has 1 saturated heterocycles. The first-order valence-electron chi connectivity index (χ1n) is 5.99. The third-order valence-electron chi connectivity index (χ3n) is 3.20. The molecule has 0 bridgehead atoms. The number of nitrogens with zero attached hydrogens (tertiary/aromatic N) is 1. The molecule has 2 rings (SSSR count). The summed E-state index contributed by atoms with van der Waals surface area (Å²) in [7, 11) is 0. The van der Waals surface area contributed by atoms with Crippen molar-refractivity contribution in [3.63, 3.8) is 0 Å². The third kappa shape index (κ3) is 2.79. The summed E-state index contributed by atoms with van der Waals surface area (Å²) in [5.74, 6) is -1.09. The molecule has 1 unspecified atom stereocenters. The van der Waals surface area contributed by atoms with Gasteiger partial charge in [0.15, 0.2) is 0 Å². The molecule has 1 aromatic rings. The number of aromatic carboxylic acids is 1. The Bertz CT molecular complexity index is 518. The van der Waals surface area contributed by atoms with Gasteiger partial charge < -0.3 is 14.4 Å². The molecule has 5 heteroatoms. The molecule has 0 spiro atoms. The van der Waals surface area contributed by atoms with E-state index in [4.69, 9.17) is 9.84 Å². The van der Waals surface area contributed by atoms with Crippen LogP contribution in [0.5, 0.6) is 0 Å². The van der Waals surface area contributed by atoms with E-state index >= 15 is 0 Å². The summed E-state index contributed by atoms with van der Waals surface area (Å²) in [5.41, 5.74) is -0.415. The van der Waals surface area contributed by atoms with Gasteiger partial charge in [-0.3, -0.25) is 4.79 Å². The fourth-order valence-electron chi connectivity index (χ4n) is 2.22. The maximum absolute atomic E-state index is 11.7. The van der Waals surface area contributed by atoms with E-state index in [1.165, 1.54) is 16.8 Å². The minimum absolute atomic E-state index is 0.0175. The van der Waals surface area contributed by atoms with Gasteiger partial charge >= 0.3 is 5.97 Å². The lowest BCUT2D eigenvalue weighted by Gasteiger charge is -2.19. The van der Waals surface area contributed by atoms with Crippen LogP contribution in [0.15, 0.2) is 23.1 Å². The number of carboxylic acid groups (broad SMARTS) is 1. The molecule has 1 aromatic heterocycles. The lowest BCUT2D eigenvalue weighted by molar-refractivity contribution is -0.0220. The largest absolute Gasteiger partial charge is 0.478 e.